The summed E-state index contributed by atoms with van der Waals surface area (Å²) in [6.07, 6.45) is 9.53. The van der Waals surface area contributed by atoms with E-state index in [0.29, 0.717) is 11.7 Å². The number of ether oxygens (including phenoxy) is 1. The molecule has 0 aromatic heterocycles. The number of phenolic OH excluding ortho intramolecular Hbond substituents is 1. The number of unbranched alkanes of at least 4 members (excludes halogenated alkanes) is 3. The maximum Gasteiger partial charge on any atom is 0.127 e. The number of benzene rings is 1. The van der Waals surface area contributed by atoms with Crippen LogP contribution in [0, 0.1) is 5.92 Å². The lowest BCUT2D eigenvalue weighted by atomic mass is 9.65. The fraction of sp³-hybridized carbons (Fsp3) is 0.760. The average molecular weight is 402 g/mol. The third-order valence-corrected chi connectivity index (χ3v) is 8.15. The zero-order valence-electron chi connectivity index (χ0n) is 18.7. The van der Waals surface area contributed by atoms with Gasteiger partial charge >= 0.3 is 0 Å². The number of rotatable bonds is 6. The lowest BCUT2D eigenvalue weighted by Gasteiger charge is -2.53. The molecule has 1 aliphatic carbocycles. The highest BCUT2D eigenvalue weighted by atomic mass is 16.5. The summed E-state index contributed by atoms with van der Waals surface area (Å²) < 4.78 is 6.53. The maximum atomic E-state index is 11.1. The van der Waals surface area contributed by atoms with E-state index >= 15 is 0 Å². The minimum Gasteiger partial charge on any atom is -0.508 e. The highest BCUT2D eigenvalue weighted by Gasteiger charge is 2.49. The van der Waals surface area contributed by atoms with Gasteiger partial charge < -0.3 is 14.9 Å². The molecular formula is C25H39NO3. The van der Waals surface area contributed by atoms with E-state index in [-0.39, 0.29) is 23.2 Å². The van der Waals surface area contributed by atoms with Crippen LogP contribution in [0.3, 0.4) is 0 Å². The molecule has 2 N–H and O–H groups in total. The number of aliphatic hydroxyl groups is 1. The Bertz CT molecular complexity index is 746. The van der Waals surface area contributed by atoms with Gasteiger partial charge in [0, 0.05) is 29.5 Å². The Morgan fingerprint density at radius 2 is 1.97 bits per heavy atom. The second kappa shape index (κ2) is 7.77. The van der Waals surface area contributed by atoms with Crippen LogP contribution in [0.25, 0.3) is 0 Å². The van der Waals surface area contributed by atoms with Gasteiger partial charge in [0.25, 0.3) is 0 Å². The Kier molecular flexibility index (Phi) is 5.63. The van der Waals surface area contributed by atoms with Crippen LogP contribution in [-0.4, -0.2) is 40.4 Å². The lowest BCUT2D eigenvalue weighted by molar-refractivity contribution is -0.0331. The summed E-state index contributed by atoms with van der Waals surface area (Å²) in [4.78, 5) is 2.45. The summed E-state index contributed by atoms with van der Waals surface area (Å²) in [6.45, 7) is 7.70. The molecule has 0 bridgehead atoms. The molecule has 1 aromatic rings. The van der Waals surface area contributed by atoms with Gasteiger partial charge in [0.1, 0.15) is 17.1 Å². The zero-order valence-corrected chi connectivity index (χ0v) is 18.7. The highest BCUT2D eigenvalue weighted by molar-refractivity contribution is 5.54. The predicted octanol–water partition coefficient (Wildman–Crippen LogP) is 5.31. The van der Waals surface area contributed by atoms with Crippen LogP contribution in [0.5, 0.6) is 11.5 Å². The number of fused-ring (bicyclic) bond motifs is 3. The Labute approximate surface area is 176 Å². The second-order valence-electron chi connectivity index (χ2n) is 10.3. The van der Waals surface area contributed by atoms with Gasteiger partial charge in [0.2, 0.25) is 0 Å². The predicted molar refractivity (Wildman–Crippen MR) is 117 cm³/mol. The first-order chi connectivity index (χ1) is 13.8. The van der Waals surface area contributed by atoms with Crippen molar-refractivity contribution in [3.8, 4) is 11.5 Å². The molecule has 3 aliphatic rings. The van der Waals surface area contributed by atoms with Crippen molar-refractivity contribution >= 4 is 0 Å². The first-order valence-corrected chi connectivity index (χ1v) is 11.7. The average Bonchev–Trinajstić information content (AvgIpc) is 2.65. The van der Waals surface area contributed by atoms with Crippen molar-refractivity contribution in [2.45, 2.75) is 102 Å². The highest BCUT2D eigenvalue weighted by Crippen LogP contribution is 2.56. The third-order valence-electron chi connectivity index (χ3n) is 8.15. The number of aromatic hydroxyl groups is 1. The molecule has 162 valence electrons. The van der Waals surface area contributed by atoms with Crippen molar-refractivity contribution in [2.24, 2.45) is 5.92 Å². The van der Waals surface area contributed by atoms with E-state index in [2.05, 4.69) is 38.8 Å². The minimum absolute atomic E-state index is 0.0245. The largest absolute Gasteiger partial charge is 0.508 e. The molecule has 0 radical (unpaired) electrons. The van der Waals surface area contributed by atoms with Gasteiger partial charge in [0.05, 0.1) is 6.10 Å². The molecule has 4 atom stereocenters. The smallest absolute Gasteiger partial charge is 0.127 e. The lowest BCUT2D eigenvalue weighted by Crippen LogP contribution is -2.55. The molecule has 1 saturated heterocycles. The van der Waals surface area contributed by atoms with E-state index in [4.69, 9.17) is 4.74 Å². The molecule has 4 nitrogen and oxygen atoms in total. The molecule has 2 aliphatic heterocycles. The van der Waals surface area contributed by atoms with Gasteiger partial charge in [-0.05, 0) is 70.7 Å². The first kappa shape index (κ1) is 21.0. The van der Waals surface area contributed by atoms with Crippen LogP contribution in [-0.2, 0) is 5.54 Å². The number of phenols is 1. The van der Waals surface area contributed by atoms with E-state index in [1.807, 2.05) is 6.07 Å². The summed E-state index contributed by atoms with van der Waals surface area (Å²) in [5, 5.41) is 21.4. The standard InChI is InChI=1S/C25H39NO3/c1-5-6-7-8-11-25(12-13-26(25)4)17-14-21(28)23-19-16-18(27)9-10-20(19)24(2,3)29-22(23)15-17/h14-15,18-20,27-28H,5-13,16H2,1-4H3/t18-,19-,20-,25+/m1/s1. The SMILES string of the molecule is CCCCCC[C@@]1(c2cc(O)c3c(c2)OC(C)(C)[C@@H]2CC[C@@H](O)C[C@@H]32)CCN1C. The molecule has 1 saturated carbocycles. The van der Waals surface area contributed by atoms with Gasteiger partial charge in [-0.25, -0.2) is 0 Å². The monoisotopic (exact) mass is 401 g/mol. The van der Waals surface area contributed by atoms with Crippen molar-refractivity contribution < 1.29 is 14.9 Å². The number of hydrogen-bond donors (Lipinski definition) is 2. The van der Waals surface area contributed by atoms with Crippen molar-refractivity contribution in [3.63, 3.8) is 0 Å². The fourth-order valence-corrected chi connectivity index (χ4v) is 6.27. The summed E-state index contributed by atoms with van der Waals surface area (Å²) in [6, 6.07) is 4.22. The summed E-state index contributed by atoms with van der Waals surface area (Å²) in [7, 11) is 2.21. The van der Waals surface area contributed by atoms with Crippen LogP contribution in [0.2, 0.25) is 0 Å². The van der Waals surface area contributed by atoms with Crippen molar-refractivity contribution in [2.75, 3.05) is 13.6 Å². The molecule has 29 heavy (non-hydrogen) atoms. The van der Waals surface area contributed by atoms with E-state index in [1.165, 1.54) is 31.2 Å². The first-order valence-electron chi connectivity index (χ1n) is 11.7. The Balaban J connectivity index is 1.69. The summed E-state index contributed by atoms with van der Waals surface area (Å²) in [5.74, 6) is 1.72. The third kappa shape index (κ3) is 3.57. The van der Waals surface area contributed by atoms with E-state index in [1.54, 1.807) is 0 Å². The van der Waals surface area contributed by atoms with Gasteiger partial charge in [0.15, 0.2) is 0 Å². The minimum atomic E-state index is -0.278. The topological polar surface area (TPSA) is 52.9 Å². The van der Waals surface area contributed by atoms with E-state index < -0.39 is 0 Å². The molecule has 4 heteroatoms. The van der Waals surface area contributed by atoms with Crippen molar-refractivity contribution in [1.29, 1.82) is 0 Å². The Hall–Kier alpha value is -1.26. The number of hydrogen-bond acceptors (Lipinski definition) is 4. The zero-order chi connectivity index (χ0) is 20.8. The number of nitrogens with zero attached hydrogens (tertiary/aromatic N) is 1. The van der Waals surface area contributed by atoms with E-state index in [9.17, 15) is 10.2 Å². The number of likely N-dealkylation sites (tertiary alicyclic amines) is 1. The fourth-order valence-electron chi connectivity index (χ4n) is 6.27. The summed E-state index contributed by atoms with van der Waals surface area (Å²) >= 11 is 0. The quantitative estimate of drug-likeness (QED) is 0.634. The van der Waals surface area contributed by atoms with Gasteiger partial charge in [-0.1, -0.05) is 32.6 Å². The van der Waals surface area contributed by atoms with Crippen molar-refractivity contribution in [3.05, 3.63) is 23.3 Å². The number of aliphatic hydroxyl groups excluding tert-OH is 1. The van der Waals surface area contributed by atoms with Gasteiger partial charge in [-0.15, -0.1) is 0 Å². The van der Waals surface area contributed by atoms with Gasteiger partial charge in [-0.2, -0.15) is 0 Å². The van der Waals surface area contributed by atoms with E-state index in [0.717, 1.165) is 50.0 Å². The molecule has 0 unspecified atom stereocenters. The molecule has 2 heterocycles. The van der Waals surface area contributed by atoms with Crippen LogP contribution in [0.1, 0.15) is 95.6 Å². The normalized spacial score (nSPS) is 33.3. The Morgan fingerprint density at radius 1 is 1.17 bits per heavy atom. The van der Waals surface area contributed by atoms with Gasteiger partial charge in [-0.3, -0.25) is 4.90 Å². The van der Waals surface area contributed by atoms with Crippen LogP contribution < -0.4 is 4.74 Å². The molecular weight excluding hydrogens is 362 g/mol. The Morgan fingerprint density at radius 3 is 2.62 bits per heavy atom. The molecule has 0 amide bonds. The molecule has 4 rings (SSSR count). The van der Waals surface area contributed by atoms with Crippen LogP contribution >= 0.6 is 0 Å². The molecule has 0 spiro atoms. The van der Waals surface area contributed by atoms with Crippen molar-refractivity contribution in [1.82, 2.24) is 4.90 Å². The maximum absolute atomic E-state index is 11.1. The van der Waals surface area contributed by atoms with Crippen LogP contribution in [0.15, 0.2) is 12.1 Å². The second-order valence-corrected chi connectivity index (χ2v) is 10.3. The molecule has 2 fully saturated rings. The van der Waals surface area contributed by atoms with Crippen LogP contribution in [0.4, 0.5) is 0 Å². The molecule has 1 aromatic carbocycles. The summed E-state index contributed by atoms with van der Waals surface area (Å²) in [5.41, 5.74) is 1.88.